The molecule has 3 aromatic heterocycles. The van der Waals surface area contributed by atoms with Gasteiger partial charge in [-0.05, 0) is 161 Å². The van der Waals surface area contributed by atoms with Crippen LogP contribution in [0.15, 0.2) is 48.7 Å². The smallest absolute Gasteiger partial charge is 0.319 e. The molecule has 6 aliphatic rings. The van der Waals surface area contributed by atoms with E-state index in [0.717, 1.165) is 107 Å². The number of phenols is 1. The second-order valence-corrected chi connectivity index (χ2v) is 22.7. The number of phenolic OH excluding ortho intramolecular Hbond substituents is 1. The molecule has 0 radical (unpaired) electrons. The number of piperidine rings is 2. The van der Waals surface area contributed by atoms with Gasteiger partial charge in [-0.25, -0.2) is 8.78 Å². The Kier molecular flexibility index (Phi) is 12.6. The van der Waals surface area contributed by atoms with Gasteiger partial charge >= 0.3 is 6.01 Å². The molecule has 6 aromatic rings. The first-order chi connectivity index (χ1) is 35.4. The van der Waals surface area contributed by atoms with Crippen LogP contribution in [0.5, 0.6) is 11.8 Å². The van der Waals surface area contributed by atoms with E-state index < -0.39 is 11.7 Å². The number of nitrogens with one attached hydrogen (secondary N) is 2. The molecule has 4 saturated heterocycles. The van der Waals surface area contributed by atoms with Crippen LogP contribution >= 0.6 is 0 Å². The lowest BCUT2D eigenvalue weighted by Gasteiger charge is -2.56. The number of nitrogens with zero attached hydrogens (tertiary/aromatic N) is 8. The number of aromatic nitrogens is 5. The minimum absolute atomic E-state index is 0.00131. The number of fused-ring (bicyclic) bond motifs is 5. The van der Waals surface area contributed by atoms with Crippen molar-refractivity contribution in [2.75, 3.05) is 64.4 Å². The van der Waals surface area contributed by atoms with Crippen molar-refractivity contribution in [3.05, 3.63) is 77.1 Å². The third-order valence-corrected chi connectivity index (χ3v) is 18.1. The Hall–Kier alpha value is -5.84. The Morgan fingerprint density at radius 1 is 0.973 bits per heavy atom. The topological polar surface area (TPSA) is 154 Å². The summed E-state index contributed by atoms with van der Waals surface area (Å²) in [5.74, 6) is -0.546. The minimum Gasteiger partial charge on any atom is -0.508 e. The van der Waals surface area contributed by atoms with Crippen molar-refractivity contribution < 1.29 is 28.2 Å². The van der Waals surface area contributed by atoms with E-state index in [0.29, 0.717) is 88.4 Å². The van der Waals surface area contributed by atoms with Crippen LogP contribution in [-0.2, 0) is 23.1 Å². The van der Waals surface area contributed by atoms with Gasteiger partial charge in [0.15, 0.2) is 5.82 Å². The average Bonchev–Trinajstić information content (AvgIpc) is 3.97. The predicted octanol–water partition coefficient (Wildman–Crippen LogP) is 8.31. The quantitative estimate of drug-likeness (QED) is 0.0849. The van der Waals surface area contributed by atoms with Crippen LogP contribution in [0, 0.1) is 22.5 Å². The normalized spacial score (nSPS) is 22.6. The zero-order valence-electron chi connectivity index (χ0n) is 42.4. The molecular formula is C57H68F2N10O4. The summed E-state index contributed by atoms with van der Waals surface area (Å²) in [6, 6.07) is 14.1. The van der Waals surface area contributed by atoms with E-state index in [1.807, 2.05) is 18.7 Å². The van der Waals surface area contributed by atoms with E-state index in [-0.39, 0.29) is 40.1 Å². The third-order valence-electron chi connectivity index (χ3n) is 18.1. The molecule has 4 aliphatic heterocycles. The summed E-state index contributed by atoms with van der Waals surface area (Å²) >= 11 is 0. The Morgan fingerprint density at radius 3 is 2.45 bits per heavy atom. The van der Waals surface area contributed by atoms with E-state index in [2.05, 4.69) is 48.5 Å². The Morgan fingerprint density at radius 2 is 1.74 bits per heavy atom. The maximum atomic E-state index is 17.2. The van der Waals surface area contributed by atoms with Crippen molar-refractivity contribution >= 4 is 50.6 Å². The Bertz CT molecular complexity index is 3090. The summed E-state index contributed by atoms with van der Waals surface area (Å²) < 4.78 is 40.9. The number of carbonyl (C=O) groups excluding carboxylic acids is 2. The molecule has 7 heterocycles. The van der Waals surface area contributed by atoms with Crippen LogP contribution < -0.4 is 20.3 Å². The van der Waals surface area contributed by atoms with E-state index >= 15 is 8.78 Å². The van der Waals surface area contributed by atoms with Gasteiger partial charge in [0.1, 0.15) is 34.9 Å². The van der Waals surface area contributed by atoms with Gasteiger partial charge in [-0.1, -0.05) is 25.1 Å². The van der Waals surface area contributed by atoms with Gasteiger partial charge in [-0.2, -0.15) is 15.1 Å². The fourth-order valence-electron chi connectivity index (χ4n) is 13.7. The number of likely N-dealkylation sites (tertiary alicyclic amines) is 2. The molecule has 3 aromatic carbocycles. The van der Waals surface area contributed by atoms with Crippen molar-refractivity contribution in [2.45, 2.75) is 120 Å². The Balaban J connectivity index is 0.685. The number of halogens is 2. The summed E-state index contributed by atoms with van der Waals surface area (Å²) in [6.45, 7) is 9.16. The van der Waals surface area contributed by atoms with Gasteiger partial charge in [-0.15, -0.1) is 0 Å². The molecule has 1 amide bonds. The fourth-order valence-corrected chi connectivity index (χ4v) is 13.7. The standard InChI is InChI=1S/C57H68F2N10O4/c1-4-41-46(58)12-8-36-24-40(71)26-44(48(36)41)51-49(59)52-45(29-61-51)53(69-30-37-9-10-38(31-69)62-37)64-55(63-52)73-33-57(15-16-57)32-67-21-17-56(18-22-67)27-39(28-56)68-19-13-34(14-20-68)35-7-11-42-47(25-35)66(3)65-50(42)43(6-5-23-70)54(72)60-2/h7-8,11-12,23-26,29,34,37-39,43,62,71H,4-6,9-10,13-22,27-28,30-33H2,1-3H3,(H,60,72). The lowest BCUT2D eigenvalue weighted by molar-refractivity contribution is -0.122. The number of aldehydes is 1. The number of hydrogen-bond acceptors (Lipinski definition) is 12. The predicted molar refractivity (Wildman–Crippen MR) is 278 cm³/mol. The largest absolute Gasteiger partial charge is 0.508 e. The zero-order chi connectivity index (χ0) is 50.2. The highest BCUT2D eigenvalue weighted by Crippen LogP contribution is 2.53. The molecule has 16 heteroatoms. The molecule has 3 N–H and O–H groups in total. The molecule has 384 valence electrons. The number of ether oxygens (including phenoxy) is 1. The SMILES string of the molecule is CCc1c(F)ccc2cc(O)cc(-c3ncc4c(N5CC6CCC(C5)N6)nc(OCC5(CN6CCC7(CC6)CC(N6CCC(c8ccc9c(C(CCC=O)C(=O)NC)nn(C)c9c8)CC6)C7)CC5)nc4c3F)c12. The van der Waals surface area contributed by atoms with Crippen molar-refractivity contribution in [3.8, 4) is 23.0 Å². The van der Waals surface area contributed by atoms with Gasteiger partial charge in [-0.3, -0.25) is 14.5 Å². The highest BCUT2D eigenvalue weighted by atomic mass is 19.1. The van der Waals surface area contributed by atoms with Gasteiger partial charge < -0.3 is 40.0 Å². The van der Waals surface area contributed by atoms with E-state index in [1.165, 1.54) is 43.4 Å². The second kappa shape index (κ2) is 19.1. The number of aryl methyl sites for hydroxylation is 2. The number of hydrogen-bond donors (Lipinski definition) is 3. The maximum Gasteiger partial charge on any atom is 0.319 e. The molecule has 2 aliphatic carbocycles. The summed E-state index contributed by atoms with van der Waals surface area (Å²) in [5.41, 5.74) is 4.42. The molecule has 73 heavy (non-hydrogen) atoms. The molecule has 3 unspecified atom stereocenters. The lowest BCUT2D eigenvalue weighted by atomic mass is 9.59. The molecular weight excluding hydrogens is 927 g/mol. The number of carbonyl (C=O) groups is 2. The number of anilines is 1. The molecule has 6 fully saturated rings. The number of benzene rings is 3. The number of likely N-dealkylation sites (N-methyl/N-ethyl adjacent to an activating group) is 1. The number of aromatic hydroxyl groups is 1. The van der Waals surface area contributed by atoms with Crippen LogP contribution in [0.3, 0.4) is 0 Å². The second-order valence-electron chi connectivity index (χ2n) is 22.7. The first-order valence-electron chi connectivity index (χ1n) is 27.0. The summed E-state index contributed by atoms with van der Waals surface area (Å²) in [7, 11) is 3.57. The first-order valence-corrected chi connectivity index (χ1v) is 27.0. The molecule has 1 spiro atoms. The van der Waals surface area contributed by atoms with Crippen LogP contribution in [0.1, 0.15) is 113 Å². The molecule has 2 saturated carbocycles. The van der Waals surface area contributed by atoms with Crippen LogP contribution in [0.2, 0.25) is 0 Å². The van der Waals surface area contributed by atoms with Crippen LogP contribution in [0.25, 0.3) is 43.8 Å². The zero-order valence-corrected chi connectivity index (χ0v) is 42.4. The highest BCUT2D eigenvalue weighted by molar-refractivity contribution is 6.02. The van der Waals surface area contributed by atoms with Crippen molar-refractivity contribution in [3.63, 3.8) is 0 Å². The van der Waals surface area contributed by atoms with Crippen molar-refractivity contribution in [2.24, 2.45) is 17.9 Å². The average molecular weight is 995 g/mol. The minimum atomic E-state index is -0.647. The fraction of sp³-hybridized carbons (Fsp3) is 0.544. The van der Waals surface area contributed by atoms with Gasteiger partial charge in [0.05, 0.1) is 29.1 Å². The summed E-state index contributed by atoms with van der Waals surface area (Å²) in [5, 5.41) is 24.6. The molecule has 12 rings (SSSR count). The molecule has 3 atom stereocenters. The van der Waals surface area contributed by atoms with Gasteiger partial charge in [0.25, 0.3) is 0 Å². The van der Waals surface area contributed by atoms with Crippen molar-refractivity contribution in [1.29, 1.82) is 0 Å². The number of piperazine rings is 1. The molecule has 2 bridgehead atoms. The highest BCUT2D eigenvalue weighted by Gasteiger charge is 2.51. The number of amides is 1. The first kappa shape index (κ1) is 48.1. The molecule has 14 nitrogen and oxygen atoms in total. The Labute approximate surface area is 425 Å². The summed E-state index contributed by atoms with van der Waals surface area (Å²) in [6.07, 6.45) is 15.2. The van der Waals surface area contributed by atoms with Crippen molar-refractivity contribution in [1.82, 2.24) is 45.2 Å². The monoisotopic (exact) mass is 995 g/mol. The third kappa shape index (κ3) is 8.98. The lowest BCUT2D eigenvalue weighted by Crippen LogP contribution is -2.56. The van der Waals surface area contributed by atoms with E-state index in [4.69, 9.17) is 19.8 Å². The van der Waals surface area contributed by atoms with E-state index in [9.17, 15) is 14.7 Å². The van der Waals surface area contributed by atoms with Crippen LogP contribution in [-0.4, -0.2) is 129 Å². The maximum absolute atomic E-state index is 17.2. The number of rotatable bonds is 15. The van der Waals surface area contributed by atoms with Gasteiger partial charge in [0, 0.05) is 80.8 Å². The van der Waals surface area contributed by atoms with E-state index in [1.54, 1.807) is 25.4 Å². The van der Waals surface area contributed by atoms with Gasteiger partial charge in [0.2, 0.25) is 5.91 Å². The number of pyridine rings is 1. The van der Waals surface area contributed by atoms with Crippen LogP contribution in [0.4, 0.5) is 14.6 Å². The summed E-state index contributed by atoms with van der Waals surface area (Å²) in [4.78, 5) is 46.0.